The van der Waals surface area contributed by atoms with Crippen LogP contribution in [-0.4, -0.2) is 63.0 Å². The van der Waals surface area contributed by atoms with Gasteiger partial charge in [0.1, 0.15) is 28.8 Å². The molecule has 0 spiro atoms. The minimum Gasteiger partial charge on any atom is -0.493 e. The summed E-state index contributed by atoms with van der Waals surface area (Å²) >= 11 is 0. The largest absolute Gasteiger partial charge is 0.493 e. The van der Waals surface area contributed by atoms with Gasteiger partial charge in [-0.2, -0.15) is 0 Å². The summed E-state index contributed by atoms with van der Waals surface area (Å²) in [4.78, 5) is 34.4. The number of carbonyl (C=O) groups is 3. The molecule has 70 heavy (non-hydrogen) atoms. The summed E-state index contributed by atoms with van der Waals surface area (Å²) in [5.41, 5.74) is 25.7. The first-order valence-electron chi connectivity index (χ1n) is 26.1. The van der Waals surface area contributed by atoms with Crippen LogP contribution in [0.1, 0.15) is 157 Å². The molecule has 7 saturated carbocycles. The zero-order valence-electron chi connectivity index (χ0n) is 42.4. The van der Waals surface area contributed by atoms with Gasteiger partial charge in [-0.05, 0) is 152 Å². The van der Waals surface area contributed by atoms with E-state index in [1.165, 1.54) is 59.1 Å². The van der Waals surface area contributed by atoms with E-state index in [1.807, 2.05) is 12.1 Å². The highest BCUT2D eigenvalue weighted by molar-refractivity contribution is 7.59. The number of carbonyl (C=O) groups excluding carboxylic acids is 3. The molecule has 1 amide bonds. The van der Waals surface area contributed by atoms with Crippen LogP contribution in [0.15, 0.2) is 54.6 Å². The Morgan fingerprint density at radius 2 is 1.03 bits per heavy atom. The van der Waals surface area contributed by atoms with Crippen molar-refractivity contribution in [2.24, 2.45) is 68.5 Å². The van der Waals surface area contributed by atoms with E-state index in [4.69, 9.17) is 44.0 Å². The zero-order chi connectivity index (χ0) is 50.3. The Hall–Kier alpha value is -4.59. The molecular formula is C57H77N3O9S. The fourth-order valence-electron chi connectivity index (χ4n) is 13.9. The van der Waals surface area contributed by atoms with Gasteiger partial charge in [-0.25, -0.2) is 0 Å². The molecule has 3 aliphatic heterocycles. The van der Waals surface area contributed by atoms with Crippen molar-refractivity contribution in [2.45, 2.75) is 143 Å². The van der Waals surface area contributed by atoms with E-state index in [0.29, 0.717) is 34.7 Å². The molecule has 12 nitrogen and oxygen atoms in total. The van der Waals surface area contributed by atoms with Crippen LogP contribution in [0.25, 0.3) is 0 Å². The summed E-state index contributed by atoms with van der Waals surface area (Å²) in [5.74, 6) is 8.73. The van der Waals surface area contributed by atoms with Crippen molar-refractivity contribution in [1.29, 1.82) is 0 Å². The van der Waals surface area contributed by atoms with E-state index in [1.54, 1.807) is 0 Å². The molecule has 380 valence electrons. The number of nitrogens with two attached hydrogens (primary N) is 3. The minimum absolute atomic E-state index is 0.0255. The predicted octanol–water partition coefficient (Wildman–Crippen LogP) is 8.77. The first-order chi connectivity index (χ1) is 33.3. The molecule has 10 aliphatic rings. The standard InChI is InChI=1S/C12H13NO2.2C12H15NO.C11H18O.C10H16O.O3S/c13-12(14)10-6-9(10)7-2-1-3-11-8(7)4-5-15-11;2*13-7-8-6-11(8)9-2-1-3-12-10(9)4-5-14-12;1-4-11-6-5-8(7-9(11)12)10(11,2)3;1-9(2)7-4-5-10(9,3)8(11)6-7;1-4(2)3/h1-3,9-10H,4-6H2,(H2,13,14);2*1-3,8,11H,4-7,13H2;8H,4-7H2,1-3H3;7H,4-6H2,1-3H3;/t9?,10-;2*8-,11?;;;/m100.../s1. The number of primary amides is 1. The highest BCUT2D eigenvalue weighted by Gasteiger charge is 2.63. The van der Waals surface area contributed by atoms with Crippen molar-refractivity contribution in [3.05, 3.63) is 88.0 Å². The second kappa shape index (κ2) is 20.5. The Morgan fingerprint density at radius 3 is 1.30 bits per heavy atom. The van der Waals surface area contributed by atoms with Gasteiger partial charge in [0.2, 0.25) is 5.91 Å². The molecule has 6 N–H and O–H groups in total. The van der Waals surface area contributed by atoms with E-state index >= 15 is 0 Å². The number of ketones is 2. The summed E-state index contributed by atoms with van der Waals surface area (Å²) in [6.45, 7) is 17.6. The van der Waals surface area contributed by atoms with E-state index in [9.17, 15) is 14.4 Å². The fourth-order valence-corrected chi connectivity index (χ4v) is 13.9. The van der Waals surface area contributed by atoms with E-state index in [-0.39, 0.29) is 28.1 Å². The number of fused-ring (bicyclic) bond motifs is 7. The Kier molecular flexibility index (Phi) is 15.2. The van der Waals surface area contributed by atoms with E-state index < -0.39 is 10.6 Å². The smallest absolute Gasteiger partial charge is 0.425 e. The molecule has 10 atom stereocenters. The quantitative estimate of drug-likeness (QED) is 0.204. The third-order valence-corrected chi connectivity index (χ3v) is 19.4. The topological polar surface area (TPSA) is 208 Å². The molecule has 3 aromatic carbocycles. The highest BCUT2D eigenvalue weighted by atomic mass is 32.2. The summed E-state index contributed by atoms with van der Waals surface area (Å²) in [5, 5.41) is 0. The second-order valence-electron chi connectivity index (χ2n) is 22.9. The molecule has 7 fully saturated rings. The minimum atomic E-state index is -3.11. The number of hydrogen-bond donors (Lipinski definition) is 3. The average Bonchev–Trinajstić information content (AvgIpc) is 4.23. The Bertz CT molecular complexity index is 2500. The maximum Gasteiger partial charge on any atom is 0.425 e. The molecule has 4 bridgehead atoms. The first-order valence-corrected chi connectivity index (χ1v) is 27.1. The Morgan fingerprint density at radius 1 is 0.614 bits per heavy atom. The van der Waals surface area contributed by atoms with Gasteiger partial charge in [-0.3, -0.25) is 14.4 Å². The lowest BCUT2D eigenvalue weighted by Gasteiger charge is -2.35. The number of hydrogen-bond acceptors (Lipinski definition) is 11. The molecule has 13 rings (SSSR count). The van der Waals surface area contributed by atoms with Gasteiger partial charge in [-0.15, -0.1) is 12.6 Å². The number of benzene rings is 3. The predicted molar refractivity (Wildman–Crippen MR) is 270 cm³/mol. The number of amides is 1. The molecule has 3 aromatic rings. The molecular weight excluding hydrogens is 903 g/mol. The van der Waals surface area contributed by atoms with Crippen LogP contribution in [0.4, 0.5) is 0 Å². The Labute approximate surface area is 417 Å². The normalized spacial score (nSPS) is 32.3. The van der Waals surface area contributed by atoms with Crippen molar-refractivity contribution in [3.8, 4) is 17.2 Å². The van der Waals surface area contributed by atoms with Crippen LogP contribution in [0.3, 0.4) is 0 Å². The van der Waals surface area contributed by atoms with E-state index in [2.05, 4.69) is 84.0 Å². The Balaban J connectivity index is 0.000000116. The van der Waals surface area contributed by atoms with Crippen molar-refractivity contribution >= 4 is 28.1 Å². The molecule has 7 aliphatic carbocycles. The monoisotopic (exact) mass is 980 g/mol. The average molecular weight is 980 g/mol. The van der Waals surface area contributed by atoms with Crippen LogP contribution < -0.4 is 31.4 Å². The van der Waals surface area contributed by atoms with E-state index in [0.717, 1.165) is 132 Å². The third-order valence-electron chi connectivity index (χ3n) is 19.4. The molecule has 3 heterocycles. The van der Waals surface area contributed by atoms with Gasteiger partial charge in [-0.1, -0.05) is 77.9 Å². The van der Waals surface area contributed by atoms with Crippen LogP contribution in [-0.2, 0) is 44.3 Å². The highest BCUT2D eigenvalue weighted by Crippen LogP contribution is 2.65. The lowest BCUT2D eigenvalue weighted by Crippen LogP contribution is -2.34. The van der Waals surface area contributed by atoms with Crippen molar-refractivity contribution in [3.63, 3.8) is 0 Å². The van der Waals surface area contributed by atoms with Gasteiger partial charge in [0.15, 0.2) is 0 Å². The maximum absolute atomic E-state index is 11.8. The van der Waals surface area contributed by atoms with Crippen LogP contribution in [0.5, 0.6) is 17.2 Å². The SMILES string of the molecule is CC12CCC(CC1=O)C2(C)C.CCC12CCC(CC1=O)C2(C)C.NC(=O)[C@@H]1CC1c1cccc2c1CCO2.NC[C@@H]1CC1c1cccc2c1CCO2.NC[C@@H]1CC1c1cccc2c1CCO2.O=S(=O)=O. The number of Topliss-reactive ketones (excluding diaryl/α,β-unsaturated/α-hetero) is 2. The summed E-state index contributed by atoms with van der Waals surface area (Å²) in [6, 6.07) is 18.9. The van der Waals surface area contributed by atoms with Crippen molar-refractivity contribution in [1.82, 2.24) is 0 Å². The van der Waals surface area contributed by atoms with Gasteiger partial charge >= 0.3 is 10.6 Å². The summed E-state index contributed by atoms with van der Waals surface area (Å²) in [7, 11) is -3.11. The van der Waals surface area contributed by atoms with Crippen molar-refractivity contribution < 1.29 is 41.2 Å². The van der Waals surface area contributed by atoms with Gasteiger partial charge < -0.3 is 31.4 Å². The van der Waals surface area contributed by atoms with Crippen LogP contribution >= 0.6 is 0 Å². The lowest BCUT2D eigenvalue weighted by atomic mass is 9.67. The molecule has 0 radical (unpaired) electrons. The second-order valence-corrected chi connectivity index (χ2v) is 23.3. The maximum atomic E-state index is 11.8. The van der Waals surface area contributed by atoms with Gasteiger partial charge in [0.05, 0.1) is 19.8 Å². The van der Waals surface area contributed by atoms with Crippen molar-refractivity contribution in [2.75, 3.05) is 32.9 Å². The molecule has 7 unspecified atom stereocenters. The zero-order valence-corrected chi connectivity index (χ0v) is 43.2. The number of rotatable bonds is 7. The summed E-state index contributed by atoms with van der Waals surface area (Å²) < 4.78 is 41.9. The molecule has 0 aromatic heterocycles. The van der Waals surface area contributed by atoms with Crippen LogP contribution in [0, 0.1) is 51.2 Å². The van der Waals surface area contributed by atoms with Gasteiger partial charge in [0.25, 0.3) is 0 Å². The molecule has 0 saturated heterocycles. The first kappa shape index (κ1) is 51.8. The fraction of sp³-hybridized carbons (Fsp3) is 0.632. The lowest BCUT2D eigenvalue weighted by molar-refractivity contribution is -0.130. The van der Waals surface area contributed by atoms with Gasteiger partial charge in [0, 0.05) is 65.5 Å². The molecule has 13 heteroatoms. The van der Waals surface area contributed by atoms with Crippen LogP contribution in [0.2, 0.25) is 0 Å². The number of ether oxygens (including phenoxy) is 3. The third kappa shape index (κ3) is 9.84. The summed E-state index contributed by atoms with van der Waals surface area (Å²) in [6.07, 6.45) is 14.2.